The van der Waals surface area contributed by atoms with E-state index in [2.05, 4.69) is 0 Å². The number of aryl methyl sites for hydroxylation is 2. The third kappa shape index (κ3) is 4.84. The smallest absolute Gasteiger partial charge is 0.194 e. The van der Waals surface area contributed by atoms with Crippen molar-refractivity contribution in [2.24, 2.45) is 0 Å². The zero-order valence-corrected chi connectivity index (χ0v) is 18.1. The van der Waals surface area contributed by atoms with Crippen molar-refractivity contribution in [2.75, 3.05) is 0 Å². The van der Waals surface area contributed by atoms with E-state index in [9.17, 15) is 18.3 Å². The zero-order chi connectivity index (χ0) is 22.8. The maximum absolute atomic E-state index is 15.0. The summed E-state index contributed by atoms with van der Waals surface area (Å²) in [6.07, 6.45) is 3.38. The summed E-state index contributed by atoms with van der Waals surface area (Å²) in [6.45, 7) is 0. The molecule has 0 amide bonds. The Labute approximate surface area is 189 Å². The Balaban J connectivity index is 1.47. The van der Waals surface area contributed by atoms with Crippen LogP contribution < -0.4 is 0 Å². The fourth-order valence-electron chi connectivity index (χ4n) is 4.38. The number of rotatable bonds is 5. The van der Waals surface area contributed by atoms with Crippen LogP contribution in [0.15, 0.2) is 48.5 Å². The van der Waals surface area contributed by atoms with Gasteiger partial charge < -0.3 is 5.11 Å². The van der Waals surface area contributed by atoms with E-state index < -0.39 is 23.3 Å². The summed E-state index contributed by atoms with van der Waals surface area (Å²) >= 11 is 6.38. The number of hydrogen-bond acceptors (Lipinski definition) is 1. The SMILES string of the molecule is OC1CCC(c2ccc(-c3ccc(CCc4cc(F)c(F)c(F)c4)cc3)c(Cl)c2F)CC1. The van der Waals surface area contributed by atoms with Crippen LogP contribution in [0.3, 0.4) is 0 Å². The highest BCUT2D eigenvalue weighted by atomic mass is 35.5. The molecule has 1 aliphatic carbocycles. The van der Waals surface area contributed by atoms with Crippen molar-refractivity contribution < 1.29 is 22.7 Å². The second-order valence-corrected chi connectivity index (χ2v) is 8.78. The molecule has 0 heterocycles. The summed E-state index contributed by atoms with van der Waals surface area (Å²) < 4.78 is 54.9. The van der Waals surface area contributed by atoms with E-state index in [-0.39, 0.29) is 17.0 Å². The first-order chi connectivity index (χ1) is 15.3. The molecular formula is C26H23ClF4O. The molecule has 0 radical (unpaired) electrons. The van der Waals surface area contributed by atoms with Gasteiger partial charge in [0.1, 0.15) is 5.82 Å². The molecule has 1 N–H and O–H groups in total. The molecule has 0 aromatic heterocycles. The normalized spacial score (nSPS) is 18.7. The van der Waals surface area contributed by atoms with Crippen LogP contribution in [0, 0.1) is 23.3 Å². The van der Waals surface area contributed by atoms with Crippen molar-refractivity contribution in [3.05, 3.63) is 93.5 Å². The maximum Gasteiger partial charge on any atom is 0.194 e. The Morgan fingerprint density at radius 2 is 1.34 bits per heavy atom. The molecule has 0 aliphatic heterocycles. The van der Waals surface area contributed by atoms with Gasteiger partial charge in [-0.3, -0.25) is 0 Å². The third-order valence-corrected chi connectivity index (χ3v) is 6.63. The van der Waals surface area contributed by atoms with E-state index >= 15 is 4.39 Å². The number of hydrogen-bond donors (Lipinski definition) is 1. The Morgan fingerprint density at radius 3 is 1.97 bits per heavy atom. The molecule has 168 valence electrons. The van der Waals surface area contributed by atoms with Gasteiger partial charge in [0.2, 0.25) is 0 Å². The van der Waals surface area contributed by atoms with Crippen molar-refractivity contribution in [3.8, 4) is 11.1 Å². The zero-order valence-electron chi connectivity index (χ0n) is 17.4. The Hall–Kier alpha value is -2.37. The summed E-state index contributed by atoms with van der Waals surface area (Å²) in [5.74, 6) is -4.20. The van der Waals surface area contributed by atoms with E-state index in [0.29, 0.717) is 42.4 Å². The largest absolute Gasteiger partial charge is 0.393 e. The molecule has 0 bridgehead atoms. The lowest BCUT2D eigenvalue weighted by Gasteiger charge is -2.26. The van der Waals surface area contributed by atoms with Crippen molar-refractivity contribution >= 4 is 11.6 Å². The fourth-order valence-corrected chi connectivity index (χ4v) is 4.66. The molecule has 32 heavy (non-hydrogen) atoms. The van der Waals surface area contributed by atoms with Crippen LogP contribution in [0.5, 0.6) is 0 Å². The van der Waals surface area contributed by atoms with Gasteiger partial charge in [0.25, 0.3) is 0 Å². The van der Waals surface area contributed by atoms with Gasteiger partial charge in [-0.25, -0.2) is 17.6 Å². The lowest BCUT2D eigenvalue weighted by molar-refractivity contribution is 0.122. The van der Waals surface area contributed by atoms with Gasteiger partial charge in [-0.1, -0.05) is 48.0 Å². The van der Waals surface area contributed by atoms with Crippen LogP contribution in [0.2, 0.25) is 5.02 Å². The fraction of sp³-hybridized carbons (Fsp3) is 0.308. The maximum atomic E-state index is 15.0. The minimum Gasteiger partial charge on any atom is -0.393 e. The van der Waals surface area contributed by atoms with Crippen LogP contribution in [0.1, 0.15) is 48.3 Å². The van der Waals surface area contributed by atoms with Crippen molar-refractivity contribution in [1.29, 1.82) is 0 Å². The number of benzene rings is 3. The number of aliphatic hydroxyl groups is 1. The van der Waals surface area contributed by atoms with Crippen LogP contribution >= 0.6 is 11.6 Å². The molecule has 1 nitrogen and oxygen atoms in total. The lowest BCUT2D eigenvalue weighted by atomic mass is 9.82. The highest BCUT2D eigenvalue weighted by Gasteiger charge is 2.25. The first kappa shape index (κ1) is 22.8. The Kier molecular flexibility index (Phi) is 6.87. The molecule has 0 atom stereocenters. The quantitative estimate of drug-likeness (QED) is 0.310. The molecule has 4 rings (SSSR count). The van der Waals surface area contributed by atoms with E-state index in [1.807, 2.05) is 30.3 Å². The molecule has 0 unspecified atom stereocenters. The predicted octanol–water partition coefficient (Wildman–Crippen LogP) is 7.37. The third-order valence-electron chi connectivity index (χ3n) is 6.26. The summed E-state index contributed by atoms with van der Waals surface area (Å²) in [5.41, 5.74) is 3.26. The topological polar surface area (TPSA) is 20.2 Å². The predicted molar refractivity (Wildman–Crippen MR) is 118 cm³/mol. The Morgan fingerprint density at radius 1 is 0.750 bits per heavy atom. The van der Waals surface area contributed by atoms with Gasteiger partial charge in [-0.15, -0.1) is 0 Å². The van der Waals surface area contributed by atoms with Gasteiger partial charge in [0.05, 0.1) is 11.1 Å². The summed E-state index contributed by atoms with van der Waals surface area (Å²) in [4.78, 5) is 0. The number of halogens is 5. The molecule has 3 aromatic carbocycles. The summed E-state index contributed by atoms with van der Waals surface area (Å²) in [5, 5.41) is 9.77. The van der Waals surface area contributed by atoms with Crippen molar-refractivity contribution in [1.82, 2.24) is 0 Å². The monoisotopic (exact) mass is 462 g/mol. The summed E-state index contributed by atoms with van der Waals surface area (Å²) in [7, 11) is 0. The van der Waals surface area contributed by atoms with Gasteiger partial charge in [0, 0.05) is 5.56 Å². The molecule has 1 saturated carbocycles. The highest BCUT2D eigenvalue weighted by Crippen LogP contribution is 2.39. The minimum absolute atomic E-state index is 0.0634. The molecular weight excluding hydrogens is 440 g/mol. The van der Waals surface area contributed by atoms with Crippen LogP contribution in [0.4, 0.5) is 17.6 Å². The van der Waals surface area contributed by atoms with Gasteiger partial charge in [0.15, 0.2) is 17.5 Å². The van der Waals surface area contributed by atoms with E-state index in [1.165, 1.54) is 0 Å². The second-order valence-electron chi connectivity index (χ2n) is 8.41. The van der Waals surface area contributed by atoms with Crippen LogP contribution in [-0.2, 0) is 12.8 Å². The first-order valence-corrected chi connectivity index (χ1v) is 11.1. The molecule has 1 aliphatic rings. The van der Waals surface area contributed by atoms with E-state index in [0.717, 1.165) is 36.1 Å². The van der Waals surface area contributed by atoms with Gasteiger partial charge in [-0.05, 0) is 78.8 Å². The second kappa shape index (κ2) is 9.63. The lowest BCUT2D eigenvalue weighted by Crippen LogP contribution is -2.17. The minimum atomic E-state index is -1.46. The van der Waals surface area contributed by atoms with Crippen molar-refractivity contribution in [2.45, 2.75) is 50.5 Å². The summed E-state index contributed by atoms with van der Waals surface area (Å²) in [6, 6.07) is 13.0. The molecule has 3 aromatic rings. The van der Waals surface area contributed by atoms with Crippen molar-refractivity contribution in [3.63, 3.8) is 0 Å². The van der Waals surface area contributed by atoms with Gasteiger partial charge >= 0.3 is 0 Å². The highest BCUT2D eigenvalue weighted by molar-refractivity contribution is 6.33. The Bertz CT molecular complexity index is 1080. The molecule has 1 fully saturated rings. The first-order valence-electron chi connectivity index (χ1n) is 10.7. The van der Waals surface area contributed by atoms with Crippen LogP contribution in [-0.4, -0.2) is 11.2 Å². The average molecular weight is 463 g/mol. The molecule has 0 saturated heterocycles. The average Bonchev–Trinajstić information content (AvgIpc) is 2.79. The van der Waals surface area contributed by atoms with Gasteiger partial charge in [-0.2, -0.15) is 0 Å². The molecule has 6 heteroatoms. The van der Waals surface area contributed by atoms with E-state index in [4.69, 9.17) is 11.6 Å². The van der Waals surface area contributed by atoms with E-state index in [1.54, 1.807) is 6.07 Å². The molecule has 0 spiro atoms. The standard InChI is InChI=1S/C26H23ClF4O/c27-24-20(11-12-21(25(24)30)18-7-9-19(32)10-8-18)17-5-3-15(4-6-17)1-2-16-13-22(28)26(31)23(29)14-16/h3-6,11-14,18-19,32H,1-2,7-10H2. The number of aliphatic hydroxyl groups excluding tert-OH is 1. The van der Waals surface area contributed by atoms with Crippen LogP contribution in [0.25, 0.3) is 11.1 Å².